The van der Waals surface area contributed by atoms with Gasteiger partial charge in [-0.15, -0.1) is 0 Å². The second-order valence-corrected chi connectivity index (χ2v) is 4.21. The molecule has 0 aliphatic carbocycles. The highest BCUT2D eigenvalue weighted by atomic mass is 16.4. The van der Waals surface area contributed by atoms with Crippen molar-refractivity contribution in [2.45, 2.75) is 33.4 Å². The number of aromatic nitrogens is 4. The van der Waals surface area contributed by atoms with Gasteiger partial charge in [-0.3, -0.25) is 14.2 Å². The number of aliphatic carboxylic acids is 1. The van der Waals surface area contributed by atoms with E-state index in [9.17, 15) is 4.79 Å². The van der Waals surface area contributed by atoms with Crippen molar-refractivity contribution in [2.24, 2.45) is 0 Å². The average Bonchev–Trinajstić information content (AvgIpc) is 2.90. The highest BCUT2D eigenvalue weighted by Crippen LogP contribution is 2.13. The molecular formula is C12H16N4O2. The molecule has 0 aliphatic rings. The van der Waals surface area contributed by atoms with Crippen molar-refractivity contribution >= 4 is 5.97 Å². The summed E-state index contributed by atoms with van der Waals surface area (Å²) in [5.41, 5.74) is 2.51. The topological polar surface area (TPSA) is 72.9 Å². The minimum Gasteiger partial charge on any atom is -0.481 e. The van der Waals surface area contributed by atoms with E-state index in [1.54, 1.807) is 6.20 Å². The van der Waals surface area contributed by atoms with Crippen LogP contribution in [0.4, 0.5) is 0 Å². The molecule has 0 aromatic carbocycles. The van der Waals surface area contributed by atoms with E-state index in [1.807, 2.05) is 35.5 Å². The Bertz CT molecular complexity index is 543. The third-order valence-electron chi connectivity index (χ3n) is 2.96. The maximum Gasteiger partial charge on any atom is 0.307 e. The van der Waals surface area contributed by atoms with E-state index >= 15 is 0 Å². The minimum absolute atomic E-state index is 0.0272. The highest BCUT2D eigenvalue weighted by Gasteiger charge is 2.14. The van der Waals surface area contributed by atoms with Gasteiger partial charge in [0.25, 0.3) is 0 Å². The summed E-state index contributed by atoms with van der Waals surface area (Å²) in [6.45, 7) is 5.16. The van der Waals surface area contributed by atoms with Gasteiger partial charge < -0.3 is 5.11 Å². The Morgan fingerprint density at radius 1 is 1.39 bits per heavy atom. The Hall–Kier alpha value is -2.11. The minimum atomic E-state index is -0.826. The number of aryl methyl sites for hydroxylation is 3. The summed E-state index contributed by atoms with van der Waals surface area (Å²) in [4.78, 5) is 10.8. The van der Waals surface area contributed by atoms with Crippen LogP contribution in [0.3, 0.4) is 0 Å². The third-order valence-corrected chi connectivity index (χ3v) is 2.96. The fraction of sp³-hybridized carbons (Fsp3) is 0.417. The summed E-state index contributed by atoms with van der Waals surface area (Å²) in [5, 5.41) is 17.3. The van der Waals surface area contributed by atoms with Gasteiger partial charge in [0, 0.05) is 23.7 Å². The van der Waals surface area contributed by atoms with Crippen molar-refractivity contribution in [2.75, 3.05) is 0 Å². The lowest BCUT2D eigenvalue weighted by Crippen LogP contribution is -2.11. The first kappa shape index (κ1) is 12.3. The molecule has 0 radical (unpaired) electrons. The van der Waals surface area contributed by atoms with E-state index in [0.717, 1.165) is 23.5 Å². The molecule has 0 amide bonds. The molecule has 0 spiro atoms. The molecule has 0 atom stereocenters. The molecule has 2 rings (SSSR count). The van der Waals surface area contributed by atoms with Crippen molar-refractivity contribution in [1.29, 1.82) is 0 Å². The zero-order valence-corrected chi connectivity index (χ0v) is 10.5. The largest absolute Gasteiger partial charge is 0.481 e. The lowest BCUT2D eigenvalue weighted by molar-refractivity contribution is -0.136. The normalized spacial score (nSPS) is 10.8. The Labute approximate surface area is 105 Å². The first-order valence-electron chi connectivity index (χ1n) is 5.80. The molecule has 0 saturated carbocycles. The first-order chi connectivity index (χ1) is 8.58. The summed E-state index contributed by atoms with van der Waals surface area (Å²) in [6, 6.07) is 1.87. The van der Waals surface area contributed by atoms with Gasteiger partial charge in [0.15, 0.2) is 0 Å². The van der Waals surface area contributed by atoms with Gasteiger partial charge in [0.05, 0.1) is 25.2 Å². The average molecular weight is 248 g/mol. The molecular weight excluding hydrogens is 232 g/mol. The maximum absolute atomic E-state index is 10.8. The molecule has 6 heteroatoms. The van der Waals surface area contributed by atoms with Crippen molar-refractivity contribution in [3.63, 3.8) is 0 Å². The smallest absolute Gasteiger partial charge is 0.307 e. The lowest BCUT2D eigenvalue weighted by Gasteiger charge is -2.05. The Morgan fingerprint density at radius 2 is 2.17 bits per heavy atom. The van der Waals surface area contributed by atoms with E-state index in [1.165, 1.54) is 0 Å². The molecule has 18 heavy (non-hydrogen) atoms. The zero-order valence-electron chi connectivity index (χ0n) is 10.5. The van der Waals surface area contributed by atoms with Crippen LogP contribution in [0.25, 0.3) is 0 Å². The molecule has 2 aromatic rings. The molecule has 2 aromatic heterocycles. The summed E-state index contributed by atoms with van der Waals surface area (Å²) in [5.74, 6) is -0.826. The number of hydrogen-bond acceptors (Lipinski definition) is 3. The summed E-state index contributed by atoms with van der Waals surface area (Å²) >= 11 is 0. The number of carboxylic acid groups (broad SMARTS) is 1. The molecule has 2 heterocycles. The molecule has 0 unspecified atom stereocenters. The summed E-state index contributed by atoms with van der Waals surface area (Å²) in [6.07, 6.45) is 3.65. The van der Waals surface area contributed by atoms with Crippen LogP contribution < -0.4 is 0 Å². The second-order valence-electron chi connectivity index (χ2n) is 4.21. The van der Waals surface area contributed by atoms with E-state index in [2.05, 4.69) is 10.2 Å². The number of rotatable bonds is 5. The second kappa shape index (κ2) is 5.03. The molecule has 0 aliphatic heterocycles. The van der Waals surface area contributed by atoms with Crippen LogP contribution in [0.15, 0.2) is 18.5 Å². The molecule has 0 bridgehead atoms. The van der Waals surface area contributed by atoms with E-state index in [4.69, 9.17) is 5.11 Å². The quantitative estimate of drug-likeness (QED) is 0.857. The van der Waals surface area contributed by atoms with E-state index in [0.29, 0.717) is 6.54 Å². The SMILES string of the molecule is Cc1nn(CCn2cccn2)c(C)c1CC(=O)O. The van der Waals surface area contributed by atoms with Crippen LogP contribution in [-0.4, -0.2) is 30.6 Å². The molecule has 6 nitrogen and oxygen atoms in total. The number of nitrogens with zero attached hydrogens (tertiary/aromatic N) is 4. The van der Waals surface area contributed by atoms with Gasteiger partial charge in [-0.1, -0.05) is 0 Å². The van der Waals surface area contributed by atoms with Gasteiger partial charge in [-0.2, -0.15) is 10.2 Å². The van der Waals surface area contributed by atoms with E-state index < -0.39 is 5.97 Å². The Balaban J connectivity index is 2.11. The highest BCUT2D eigenvalue weighted by molar-refractivity contribution is 5.70. The fourth-order valence-electron chi connectivity index (χ4n) is 1.99. The van der Waals surface area contributed by atoms with Crippen LogP contribution in [0.2, 0.25) is 0 Å². The van der Waals surface area contributed by atoms with Gasteiger partial charge >= 0.3 is 5.97 Å². The fourth-order valence-corrected chi connectivity index (χ4v) is 1.99. The van der Waals surface area contributed by atoms with Gasteiger partial charge in [-0.05, 0) is 19.9 Å². The first-order valence-corrected chi connectivity index (χ1v) is 5.80. The van der Waals surface area contributed by atoms with Gasteiger partial charge in [0.1, 0.15) is 0 Å². The van der Waals surface area contributed by atoms with Gasteiger partial charge in [-0.25, -0.2) is 0 Å². The number of carbonyl (C=O) groups is 1. The van der Waals surface area contributed by atoms with Crippen molar-refractivity contribution in [3.05, 3.63) is 35.4 Å². The molecule has 96 valence electrons. The van der Waals surface area contributed by atoms with Crippen molar-refractivity contribution < 1.29 is 9.90 Å². The standard InChI is InChI=1S/C12H16N4O2/c1-9-11(8-12(17)18)10(2)16(14-9)7-6-15-5-3-4-13-15/h3-5H,6-8H2,1-2H3,(H,17,18). The van der Waals surface area contributed by atoms with Crippen LogP contribution in [0.1, 0.15) is 17.0 Å². The predicted molar refractivity (Wildman–Crippen MR) is 65.3 cm³/mol. The Morgan fingerprint density at radius 3 is 2.78 bits per heavy atom. The molecule has 1 N–H and O–H groups in total. The predicted octanol–water partition coefficient (Wildman–Crippen LogP) is 1.02. The molecule has 0 fully saturated rings. The maximum atomic E-state index is 10.8. The van der Waals surface area contributed by atoms with Crippen molar-refractivity contribution in [3.8, 4) is 0 Å². The third kappa shape index (κ3) is 2.58. The monoisotopic (exact) mass is 248 g/mol. The van der Waals surface area contributed by atoms with E-state index in [-0.39, 0.29) is 6.42 Å². The van der Waals surface area contributed by atoms with Crippen LogP contribution >= 0.6 is 0 Å². The Kier molecular flexibility index (Phi) is 3.45. The number of hydrogen-bond donors (Lipinski definition) is 1. The number of carboxylic acids is 1. The van der Waals surface area contributed by atoms with Crippen LogP contribution in [0.5, 0.6) is 0 Å². The lowest BCUT2D eigenvalue weighted by atomic mass is 10.1. The van der Waals surface area contributed by atoms with Crippen molar-refractivity contribution in [1.82, 2.24) is 19.6 Å². The van der Waals surface area contributed by atoms with Crippen LogP contribution in [0, 0.1) is 13.8 Å². The summed E-state index contributed by atoms with van der Waals surface area (Å²) < 4.78 is 3.67. The van der Waals surface area contributed by atoms with Gasteiger partial charge in [0.2, 0.25) is 0 Å². The summed E-state index contributed by atoms with van der Waals surface area (Å²) in [7, 11) is 0. The van der Waals surface area contributed by atoms with Crippen LogP contribution in [-0.2, 0) is 24.3 Å². The zero-order chi connectivity index (χ0) is 13.1. The molecule has 0 saturated heterocycles.